The first kappa shape index (κ1) is 34.0. The van der Waals surface area contributed by atoms with E-state index < -0.39 is 35.0 Å². The van der Waals surface area contributed by atoms with E-state index in [1.54, 1.807) is 6.08 Å². The van der Waals surface area contributed by atoms with E-state index in [0.29, 0.717) is 10.6 Å². The lowest BCUT2D eigenvalue weighted by molar-refractivity contribution is -0.140. The Morgan fingerprint density at radius 2 is 1.55 bits per heavy atom. The molecule has 1 aliphatic heterocycles. The molecule has 2 aromatic heterocycles. The number of ether oxygens (including phenoxy) is 1. The van der Waals surface area contributed by atoms with Crippen LogP contribution in [0.15, 0.2) is 136 Å². The topological polar surface area (TPSA) is 65.6 Å². The van der Waals surface area contributed by atoms with Gasteiger partial charge in [-0.2, -0.15) is 13.2 Å². The third-order valence-electron chi connectivity index (χ3n) is 8.51. The van der Waals surface area contributed by atoms with Gasteiger partial charge in [0, 0.05) is 16.3 Å². The highest BCUT2D eigenvalue weighted by Gasteiger charge is 2.45. The van der Waals surface area contributed by atoms with Crippen molar-refractivity contribution in [2.75, 3.05) is 6.61 Å². The average molecular weight is 724 g/mol. The molecule has 4 aromatic carbocycles. The van der Waals surface area contributed by atoms with Gasteiger partial charge in [-0.25, -0.2) is 9.79 Å². The van der Waals surface area contributed by atoms with E-state index in [1.165, 1.54) is 31.2 Å². The second kappa shape index (κ2) is 13.7. The molecule has 1 atom stereocenters. The monoisotopic (exact) mass is 723 g/mol. The molecule has 0 amide bonds. The minimum atomic E-state index is -5.02. The number of carbonyl (C=O) groups is 1. The zero-order valence-electron chi connectivity index (χ0n) is 27.3. The number of carbonyl (C=O) groups excluding carboxylic acids is 1. The number of aromatic nitrogens is 2. The number of alkyl halides is 3. The maximum atomic E-state index is 14.7. The van der Waals surface area contributed by atoms with E-state index in [2.05, 4.69) is 9.56 Å². The van der Waals surface area contributed by atoms with Crippen molar-refractivity contribution in [1.82, 2.24) is 9.13 Å². The third-order valence-corrected chi connectivity index (χ3v) is 9.74. The number of esters is 1. The normalized spacial score (nSPS) is 14.7. The largest absolute Gasteiger partial charge is 0.463 e. The van der Waals surface area contributed by atoms with Crippen LogP contribution in [-0.4, -0.2) is 27.9 Å². The number of halogens is 4. The van der Waals surface area contributed by atoms with Crippen LogP contribution < -0.4 is 14.9 Å². The maximum absolute atomic E-state index is 14.7. The molecule has 11 heteroatoms. The molecule has 0 saturated carbocycles. The van der Waals surface area contributed by atoms with Gasteiger partial charge >= 0.3 is 12.1 Å². The summed E-state index contributed by atoms with van der Waals surface area (Å²) in [5.41, 5.74) is 3.51. The van der Waals surface area contributed by atoms with E-state index in [-0.39, 0.29) is 21.5 Å². The molecule has 1 aliphatic rings. The van der Waals surface area contributed by atoms with Crippen molar-refractivity contribution in [3.8, 4) is 28.2 Å². The van der Waals surface area contributed by atoms with Crippen LogP contribution in [0.3, 0.4) is 0 Å². The molecule has 0 bridgehead atoms. The van der Waals surface area contributed by atoms with Gasteiger partial charge in [0.25, 0.3) is 5.56 Å². The summed E-state index contributed by atoms with van der Waals surface area (Å²) in [5.74, 6) is -1.21. The van der Waals surface area contributed by atoms with Gasteiger partial charge in [-0.1, -0.05) is 113 Å². The third kappa shape index (κ3) is 6.48. The van der Waals surface area contributed by atoms with E-state index >= 15 is 0 Å². The van der Waals surface area contributed by atoms with Gasteiger partial charge in [-0.3, -0.25) is 9.36 Å². The maximum Gasteiger partial charge on any atom is 0.434 e. The summed E-state index contributed by atoms with van der Waals surface area (Å²) >= 11 is 6.95. The number of benzene rings is 4. The molecule has 0 radical (unpaired) electrons. The number of aryl methyl sites for hydroxylation is 1. The Balaban J connectivity index is 1.54. The number of nitrogens with zero attached hydrogens (tertiary/aromatic N) is 3. The first-order chi connectivity index (χ1) is 24.5. The minimum absolute atomic E-state index is 0.136. The Hall–Kier alpha value is -5.45. The van der Waals surface area contributed by atoms with Gasteiger partial charge in [-0.15, -0.1) is 0 Å². The zero-order chi connectivity index (χ0) is 35.9. The Morgan fingerprint density at radius 3 is 2.16 bits per heavy atom. The number of rotatable bonds is 7. The molecule has 3 heterocycles. The summed E-state index contributed by atoms with van der Waals surface area (Å²) < 4.78 is 52.5. The average Bonchev–Trinajstić information content (AvgIpc) is 3.65. The van der Waals surface area contributed by atoms with Crippen molar-refractivity contribution in [3.63, 3.8) is 0 Å². The van der Waals surface area contributed by atoms with E-state index in [9.17, 15) is 22.8 Å². The van der Waals surface area contributed by atoms with Gasteiger partial charge in [-0.05, 0) is 66.9 Å². The first-order valence-corrected chi connectivity index (χ1v) is 17.2. The standard InChI is InChI=1S/C40H29ClF3N3O3S/c1-3-50-38(49)33-35(27-16-18-29(41)19-17-27)47-37(48)32(51-39(47)45-36(33)40(42,43)44)23-28-22-31(25-10-6-4-7-11-25)46(30-20-14-24(2)15-21-30)34(28)26-12-8-5-9-13-26/h4-23,35H,3H2,1-2H3/b32-23-/t35-/m1/s1. The minimum Gasteiger partial charge on any atom is -0.463 e. The molecule has 0 saturated heterocycles. The Kier molecular flexibility index (Phi) is 9.13. The first-order valence-electron chi connectivity index (χ1n) is 16.0. The zero-order valence-corrected chi connectivity index (χ0v) is 28.9. The second-order valence-corrected chi connectivity index (χ2v) is 13.3. The van der Waals surface area contributed by atoms with Crippen molar-refractivity contribution >= 4 is 35.0 Å². The summed E-state index contributed by atoms with van der Waals surface area (Å²) in [5, 5.41) is 0.338. The molecular formula is C40H29ClF3N3O3S. The SMILES string of the molecule is CCOC(=O)C1=C(C(F)(F)F)N=c2s/c(=C\c3cc(-c4ccccc4)n(-c4ccc(C)cc4)c3-c3ccccc3)c(=O)n2[C@@H]1c1ccc(Cl)cc1. The summed E-state index contributed by atoms with van der Waals surface area (Å²) in [6.07, 6.45) is -3.33. The fourth-order valence-corrected chi connectivity index (χ4v) is 7.37. The van der Waals surface area contributed by atoms with Gasteiger partial charge in [0.05, 0.1) is 34.1 Å². The highest BCUT2D eigenvalue weighted by molar-refractivity contribution is 7.07. The van der Waals surface area contributed by atoms with E-state index in [1.807, 2.05) is 97.9 Å². The fourth-order valence-electron chi connectivity index (χ4n) is 6.26. The fraction of sp³-hybridized carbons (Fsp3) is 0.125. The highest BCUT2D eigenvalue weighted by atomic mass is 35.5. The van der Waals surface area contributed by atoms with Crippen LogP contribution in [0.2, 0.25) is 5.02 Å². The molecule has 6 nitrogen and oxygen atoms in total. The van der Waals surface area contributed by atoms with Crippen LogP contribution in [-0.2, 0) is 9.53 Å². The van der Waals surface area contributed by atoms with Crippen LogP contribution >= 0.6 is 22.9 Å². The van der Waals surface area contributed by atoms with Crippen LogP contribution in [0.4, 0.5) is 13.2 Å². The van der Waals surface area contributed by atoms with E-state index in [4.69, 9.17) is 16.3 Å². The Morgan fingerprint density at radius 1 is 0.922 bits per heavy atom. The molecule has 51 heavy (non-hydrogen) atoms. The molecule has 6 aromatic rings. The van der Waals surface area contributed by atoms with Gasteiger partial charge in [0.15, 0.2) is 10.5 Å². The molecule has 0 aliphatic carbocycles. The highest BCUT2D eigenvalue weighted by Crippen LogP contribution is 2.39. The summed E-state index contributed by atoms with van der Waals surface area (Å²) in [7, 11) is 0. The molecule has 0 spiro atoms. The van der Waals surface area contributed by atoms with Crippen molar-refractivity contribution in [2.24, 2.45) is 4.99 Å². The van der Waals surface area contributed by atoms with Crippen molar-refractivity contribution in [2.45, 2.75) is 26.1 Å². The van der Waals surface area contributed by atoms with Gasteiger partial charge in [0.2, 0.25) is 0 Å². The molecular weight excluding hydrogens is 695 g/mol. The summed E-state index contributed by atoms with van der Waals surface area (Å²) in [6.45, 7) is 3.33. The number of fused-ring (bicyclic) bond motifs is 1. The van der Waals surface area contributed by atoms with Crippen molar-refractivity contribution in [3.05, 3.63) is 168 Å². The molecule has 7 rings (SSSR count). The van der Waals surface area contributed by atoms with Crippen LogP contribution in [0.1, 0.15) is 29.7 Å². The predicted molar refractivity (Wildman–Crippen MR) is 194 cm³/mol. The van der Waals surface area contributed by atoms with Crippen LogP contribution in [0, 0.1) is 6.92 Å². The summed E-state index contributed by atoms with van der Waals surface area (Å²) in [4.78, 5) is 31.4. The lowest BCUT2D eigenvalue weighted by Crippen LogP contribution is -2.41. The predicted octanol–water partition coefficient (Wildman–Crippen LogP) is 8.43. The smallest absolute Gasteiger partial charge is 0.434 e. The number of allylic oxidation sites excluding steroid dienone is 1. The lowest BCUT2D eigenvalue weighted by Gasteiger charge is -2.26. The lowest BCUT2D eigenvalue weighted by atomic mass is 9.95. The van der Waals surface area contributed by atoms with Crippen LogP contribution in [0.25, 0.3) is 34.3 Å². The van der Waals surface area contributed by atoms with Gasteiger partial charge < -0.3 is 9.30 Å². The van der Waals surface area contributed by atoms with Crippen molar-refractivity contribution in [1.29, 1.82) is 0 Å². The summed E-state index contributed by atoms with van der Waals surface area (Å²) in [6, 6.07) is 34.0. The Bertz CT molecular complexity index is 2470. The number of thiazole rings is 1. The van der Waals surface area contributed by atoms with Gasteiger partial charge in [0.1, 0.15) is 0 Å². The molecule has 0 fully saturated rings. The Labute approximate surface area is 299 Å². The van der Waals surface area contributed by atoms with Crippen LogP contribution in [0.5, 0.6) is 0 Å². The quantitative estimate of drug-likeness (QED) is 0.155. The molecule has 0 unspecified atom stereocenters. The molecule has 256 valence electrons. The number of hydrogen-bond acceptors (Lipinski definition) is 5. The number of hydrogen-bond donors (Lipinski definition) is 0. The molecule has 0 N–H and O–H groups in total. The second-order valence-electron chi connectivity index (χ2n) is 11.9. The van der Waals surface area contributed by atoms with Crippen molar-refractivity contribution < 1.29 is 22.7 Å². The van der Waals surface area contributed by atoms with E-state index in [0.717, 1.165) is 49.7 Å².